The van der Waals surface area contributed by atoms with Gasteiger partial charge in [-0.2, -0.15) is 0 Å². The summed E-state index contributed by atoms with van der Waals surface area (Å²) in [5.41, 5.74) is 0.666. The van der Waals surface area contributed by atoms with Crippen LogP contribution in [-0.2, 0) is 6.54 Å². The lowest BCUT2D eigenvalue weighted by atomic mass is 10.1. The molecule has 0 aliphatic carbocycles. The minimum Gasteiger partial charge on any atom is -0.488 e. The van der Waals surface area contributed by atoms with E-state index in [2.05, 4.69) is 5.32 Å². The Hall–Kier alpha value is -1.82. The molecule has 122 valence electrons. The number of amides is 2. The molecule has 6 heteroatoms. The van der Waals surface area contributed by atoms with E-state index in [1.807, 2.05) is 13.8 Å². The summed E-state index contributed by atoms with van der Waals surface area (Å²) in [6.07, 6.45) is 0.978. The summed E-state index contributed by atoms with van der Waals surface area (Å²) in [4.78, 5) is 13.6. The summed E-state index contributed by atoms with van der Waals surface area (Å²) in [5.74, 6) is -0.224. The van der Waals surface area contributed by atoms with Crippen LogP contribution in [-0.4, -0.2) is 41.3 Å². The lowest BCUT2D eigenvalue weighted by Gasteiger charge is -2.30. The molecule has 2 N–H and O–H groups in total. The Morgan fingerprint density at radius 2 is 2.32 bits per heavy atom. The number of hydrogen-bond donors (Lipinski definition) is 2. The Balaban J connectivity index is 1.88. The van der Waals surface area contributed by atoms with E-state index in [-0.39, 0.29) is 24.4 Å². The molecular formula is C16H23FN2O3. The quantitative estimate of drug-likeness (QED) is 0.897. The van der Waals surface area contributed by atoms with Gasteiger partial charge < -0.3 is 20.1 Å². The van der Waals surface area contributed by atoms with Crippen molar-refractivity contribution < 1.29 is 19.0 Å². The first-order valence-corrected chi connectivity index (χ1v) is 7.61. The first-order chi connectivity index (χ1) is 10.5. The van der Waals surface area contributed by atoms with Crippen LogP contribution >= 0.6 is 0 Å². The van der Waals surface area contributed by atoms with Crippen molar-refractivity contribution in [2.75, 3.05) is 13.1 Å². The minimum absolute atomic E-state index is 0.0921. The maximum absolute atomic E-state index is 13.9. The zero-order chi connectivity index (χ0) is 16.1. The molecule has 0 bridgehead atoms. The fourth-order valence-electron chi connectivity index (χ4n) is 2.43. The Kier molecular flexibility index (Phi) is 5.60. The minimum atomic E-state index is -0.454. The van der Waals surface area contributed by atoms with Crippen LogP contribution in [0.25, 0.3) is 0 Å². The number of nitrogens with one attached hydrogen (secondary N) is 1. The topological polar surface area (TPSA) is 61.8 Å². The second-order valence-electron chi connectivity index (χ2n) is 5.83. The van der Waals surface area contributed by atoms with E-state index in [1.165, 1.54) is 6.07 Å². The number of nitrogens with zero attached hydrogens (tertiary/aromatic N) is 1. The van der Waals surface area contributed by atoms with Gasteiger partial charge in [-0.1, -0.05) is 6.07 Å². The van der Waals surface area contributed by atoms with E-state index in [0.29, 0.717) is 18.7 Å². The third kappa shape index (κ3) is 4.59. The summed E-state index contributed by atoms with van der Waals surface area (Å²) in [5, 5.41) is 12.3. The zero-order valence-electron chi connectivity index (χ0n) is 13.0. The van der Waals surface area contributed by atoms with Crippen LogP contribution in [0.1, 0.15) is 32.3 Å². The third-order valence-corrected chi connectivity index (χ3v) is 3.49. The SMILES string of the molecule is CC(C)Oc1ccc(CNC(=O)N2CCC[C@@H](O)C2)cc1F. The highest BCUT2D eigenvalue weighted by atomic mass is 19.1. The molecular weight excluding hydrogens is 287 g/mol. The van der Waals surface area contributed by atoms with Crippen LogP contribution in [0, 0.1) is 5.82 Å². The summed E-state index contributed by atoms with van der Waals surface area (Å²) in [7, 11) is 0. The van der Waals surface area contributed by atoms with Gasteiger partial charge in [0.2, 0.25) is 0 Å². The van der Waals surface area contributed by atoms with Crippen molar-refractivity contribution in [3.63, 3.8) is 0 Å². The van der Waals surface area contributed by atoms with Crippen molar-refractivity contribution in [2.24, 2.45) is 0 Å². The van der Waals surface area contributed by atoms with Crippen LogP contribution in [0.3, 0.4) is 0 Å². The third-order valence-electron chi connectivity index (χ3n) is 3.49. The molecule has 1 saturated heterocycles. The number of halogens is 1. The first kappa shape index (κ1) is 16.5. The second kappa shape index (κ2) is 7.45. The molecule has 0 spiro atoms. The summed E-state index contributed by atoms with van der Waals surface area (Å²) in [6.45, 7) is 4.89. The number of urea groups is 1. The largest absolute Gasteiger partial charge is 0.488 e. The zero-order valence-corrected chi connectivity index (χ0v) is 13.0. The van der Waals surface area contributed by atoms with Gasteiger partial charge in [-0.3, -0.25) is 0 Å². The van der Waals surface area contributed by atoms with Gasteiger partial charge in [-0.15, -0.1) is 0 Å². The number of likely N-dealkylation sites (tertiary alicyclic amines) is 1. The monoisotopic (exact) mass is 310 g/mol. The van der Waals surface area contributed by atoms with Crippen molar-refractivity contribution in [3.8, 4) is 5.75 Å². The molecule has 1 heterocycles. The molecule has 1 aromatic rings. The number of ether oxygens (including phenoxy) is 1. The maximum Gasteiger partial charge on any atom is 0.317 e. The van der Waals surface area contributed by atoms with Gasteiger partial charge in [0.05, 0.1) is 12.2 Å². The Bertz CT molecular complexity index is 522. The van der Waals surface area contributed by atoms with Crippen molar-refractivity contribution in [2.45, 2.75) is 45.4 Å². The Morgan fingerprint density at radius 1 is 1.55 bits per heavy atom. The Labute approximate surface area is 130 Å². The lowest BCUT2D eigenvalue weighted by molar-refractivity contribution is 0.0842. The number of carbonyl (C=O) groups excluding carboxylic acids is 1. The van der Waals surface area contributed by atoms with Crippen molar-refractivity contribution in [3.05, 3.63) is 29.6 Å². The van der Waals surface area contributed by atoms with E-state index >= 15 is 0 Å². The molecule has 1 atom stereocenters. The van der Waals surface area contributed by atoms with Gasteiger partial charge in [0, 0.05) is 19.6 Å². The van der Waals surface area contributed by atoms with Crippen molar-refractivity contribution in [1.82, 2.24) is 10.2 Å². The van der Waals surface area contributed by atoms with Crippen LogP contribution in [0.15, 0.2) is 18.2 Å². The Morgan fingerprint density at radius 3 is 2.95 bits per heavy atom. The van der Waals surface area contributed by atoms with E-state index in [1.54, 1.807) is 17.0 Å². The van der Waals surface area contributed by atoms with Crippen LogP contribution in [0.2, 0.25) is 0 Å². The molecule has 0 unspecified atom stereocenters. The van der Waals surface area contributed by atoms with Gasteiger partial charge in [0.15, 0.2) is 11.6 Å². The highest BCUT2D eigenvalue weighted by molar-refractivity contribution is 5.74. The fourth-order valence-corrected chi connectivity index (χ4v) is 2.43. The molecule has 0 aromatic heterocycles. The van der Waals surface area contributed by atoms with Gasteiger partial charge in [0.25, 0.3) is 0 Å². The predicted molar refractivity (Wildman–Crippen MR) is 81.2 cm³/mol. The molecule has 1 aliphatic rings. The molecule has 2 rings (SSSR count). The molecule has 0 saturated carbocycles. The maximum atomic E-state index is 13.9. The highest BCUT2D eigenvalue weighted by Crippen LogP contribution is 2.19. The van der Waals surface area contributed by atoms with Crippen LogP contribution < -0.4 is 10.1 Å². The van der Waals surface area contributed by atoms with Crippen LogP contribution in [0.5, 0.6) is 5.75 Å². The average Bonchev–Trinajstić information content (AvgIpc) is 2.47. The average molecular weight is 310 g/mol. The van der Waals surface area contributed by atoms with Gasteiger partial charge in [-0.05, 0) is 44.4 Å². The number of carbonyl (C=O) groups is 1. The van der Waals surface area contributed by atoms with Crippen molar-refractivity contribution in [1.29, 1.82) is 0 Å². The summed E-state index contributed by atoms with van der Waals surface area (Å²) < 4.78 is 19.2. The number of hydrogen-bond acceptors (Lipinski definition) is 3. The van der Waals surface area contributed by atoms with E-state index in [9.17, 15) is 14.3 Å². The van der Waals surface area contributed by atoms with Crippen molar-refractivity contribution >= 4 is 6.03 Å². The molecule has 0 radical (unpaired) electrons. The van der Waals surface area contributed by atoms with Gasteiger partial charge in [-0.25, -0.2) is 9.18 Å². The number of aliphatic hydroxyl groups excluding tert-OH is 1. The van der Waals surface area contributed by atoms with E-state index < -0.39 is 11.9 Å². The van der Waals surface area contributed by atoms with Crippen LogP contribution in [0.4, 0.5) is 9.18 Å². The predicted octanol–water partition coefficient (Wildman–Crippen LogP) is 2.28. The van der Waals surface area contributed by atoms with Gasteiger partial charge in [0.1, 0.15) is 0 Å². The number of aliphatic hydroxyl groups is 1. The molecule has 5 nitrogen and oxygen atoms in total. The fraction of sp³-hybridized carbons (Fsp3) is 0.562. The smallest absolute Gasteiger partial charge is 0.317 e. The molecule has 1 aliphatic heterocycles. The summed E-state index contributed by atoms with van der Waals surface area (Å²) >= 11 is 0. The number of rotatable bonds is 4. The molecule has 2 amide bonds. The van der Waals surface area contributed by atoms with E-state index in [0.717, 1.165) is 12.8 Å². The number of benzene rings is 1. The molecule has 22 heavy (non-hydrogen) atoms. The molecule has 1 fully saturated rings. The van der Waals surface area contributed by atoms with E-state index in [4.69, 9.17) is 4.74 Å². The molecule has 1 aromatic carbocycles. The number of piperidine rings is 1. The summed E-state index contributed by atoms with van der Waals surface area (Å²) in [6, 6.07) is 4.43. The second-order valence-corrected chi connectivity index (χ2v) is 5.83. The van der Waals surface area contributed by atoms with Gasteiger partial charge >= 0.3 is 6.03 Å². The standard InChI is InChI=1S/C16H23FN2O3/c1-11(2)22-15-6-5-12(8-14(15)17)9-18-16(21)19-7-3-4-13(20)10-19/h5-6,8,11,13,20H,3-4,7,9-10H2,1-2H3,(H,18,21)/t13-/m1/s1. The first-order valence-electron chi connectivity index (χ1n) is 7.61. The number of β-amino-alcohol motifs (C(OH)–C–C–N with tert-alkyl or cyclic N) is 1. The lowest BCUT2D eigenvalue weighted by Crippen LogP contribution is -2.46. The normalized spacial score (nSPS) is 18.4. The highest BCUT2D eigenvalue weighted by Gasteiger charge is 2.21.